The number of aromatic amines is 1. The zero-order valence-corrected chi connectivity index (χ0v) is 20.9. The number of aryl methyl sites for hydroxylation is 2. The summed E-state index contributed by atoms with van der Waals surface area (Å²) in [5, 5.41) is 11.7. The second kappa shape index (κ2) is 9.83. The smallest absolute Gasteiger partial charge is 0.416 e. The van der Waals surface area contributed by atoms with E-state index in [0.717, 1.165) is 22.8 Å². The Kier molecular flexibility index (Phi) is 6.51. The molecule has 0 amide bonds. The maximum absolute atomic E-state index is 13.6. The van der Waals surface area contributed by atoms with Crippen LogP contribution >= 0.6 is 0 Å². The minimum atomic E-state index is -4.68. The molecule has 39 heavy (non-hydrogen) atoms. The van der Waals surface area contributed by atoms with E-state index in [0.29, 0.717) is 34.0 Å². The molecule has 5 aromatic rings. The molecule has 0 saturated heterocycles. The summed E-state index contributed by atoms with van der Waals surface area (Å²) in [4.78, 5) is 26.7. The number of nitrogens with zero attached hydrogens (tertiary/aromatic N) is 1. The summed E-state index contributed by atoms with van der Waals surface area (Å²) in [6.45, 7) is 3.95. The fourth-order valence-corrected chi connectivity index (χ4v) is 4.47. The summed E-state index contributed by atoms with van der Waals surface area (Å²) < 4.78 is 48.0. The van der Waals surface area contributed by atoms with Gasteiger partial charge in [0.2, 0.25) is 0 Å². The van der Waals surface area contributed by atoms with Crippen molar-refractivity contribution >= 4 is 16.9 Å². The van der Waals surface area contributed by atoms with Crippen LogP contribution < -0.4 is 15.4 Å². The number of benzene rings is 3. The van der Waals surface area contributed by atoms with Gasteiger partial charge in [-0.1, -0.05) is 23.8 Å². The lowest BCUT2D eigenvalue weighted by molar-refractivity contribution is -0.255. The highest BCUT2D eigenvalue weighted by Gasteiger charge is 2.32. The standard InChI is InChI=1S/C30H23F3N2O4/c1-17-3-4-20(18(2)11-17)16-35-27(14-22(15-28(35)36)30(31,32)33)19-5-7-23(8-6-19)39-24-9-10-25-21(12-24)13-26(34-25)29(37)38/h3-15,34H,16H2,1-2H3,(H,37,38)/p-1. The van der Waals surface area contributed by atoms with Crippen molar-refractivity contribution < 1.29 is 27.8 Å². The number of rotatable bonds is 6. The van der Waals surface area contributed by atoms with Crippen LogP contribution in [0.1, 0.15) is 32.7 Å². The molecule has 9 heteroatoms. The molecule has 0 aliphatic rings. The Balaban J connectivity index is 1.49. The highest BCUT2D eigenvalue weighted by molar-refractivity contribution is 5.93. The van der Waals surface area contributed by atoms with Crippen molar-refractivity contribution in [2.75, 3.05) is 0 Å². The highest BCUT2D eigenvalue weighted by atomic mass is 19.4. The van der Waals surface area contributed by atoms with Gasteiger partial charge in [-0.05, 0) is 85.1 Å². The van der Waals surface area contributed by atoms with Gasteiger partial charge < -0.3 is 24.2 Å². The third-order valence-electron chi connectivity index (χ3n) is 6.48. The quantitative estimate of drug-likeness (QED) is 0.298. The number of carboxylic acids is 1. The van der Waals surface area contributed by atoms with Crippen LogP contribution in [0, 0.1) is 13.8 Å². The molecule has 198 valence electrons. The van der Waals surface area contributed by atoms with E-state index in [2.05, 4.69) is 4.98 Å². The number of alkyl halides is 3. The summed E-state index contributed by atoms with van der Waals surface area (Å²) in [6, 6.07) is 20.1. The first kappa shape index (κ1) is 25.8. The normalized spacial score (nSPS) is 11.6. The summed E-state index contributed by atoms with van der Waals surface area (Å²) in [5.74, 6) is -0.483. The number of carbonyl (C=O) groups excluding carboxylic acids is 1. The summed E-state index contributed by atoms with van der Waals surface area (Å²) in [5.41, 5.74) is 2.11. The highest BCUT2D eigenvalue weighted by Crippen LogP contribution is 2.33. The first-order chi connectivity index (χ1) is 18.5. The maximum Gasteiger partial charge on any atom is 0.416 e. The minimum Gasteiger partial charge on any atom is -0.543 e. The van der Waals surface area contributed by atoms with Gasteiger partial charge in [0.1, 0.15) is 11.5 Å². The van der Waals surface area contributed by atoms with Crippen LogP contribution in [-0.2, 0) is 12.7 Å². The molecule has 2 aromatic heterocycles. The van der Waals surface area contributed by atoms with Crippen molar-refractivity contribution in [3.63, 3.8) is 0 Å². The molecule has 6 nitrogen and oxygen atoms in total. The second-order valence-corrected chi connectivity index (χ2v) is 9.33. The predicted molar refractivity (Wildman–Crippen MR) is 139 cm³/mol. The number of carbonyl (C=O) groups is 1. The molecule has 1 N–H and O–H groups in total. The van der Waals surface area contributed by atoms with Crippen molar-refractivity contribution in [1.82, 2.24) is 9.55 Å². The van der Waals surface area contributed by atoms with Crippen LogP contribution in [0.15, 0.2) is 83.7 Å². The lowest BCUT2D eigenvalue weighted by atomic mass is 10.0. The van der Waals surface area contributed by atoms with E-state index in [4.69, 9.17) is 4.74 Å². The minimum absolute atomic E-state index is 0.0560. The number of aromatic carboxylic acids is 1. The van der Waals surface area contributed by atoms with Crippen molar-refractivity contribution in [2.24, 2.45) is 0 Å². The number of aromatic nitrogens is 2. The fraction of sp³-hybridized carbons (Fsp3) is 0.133. The zero-order valence-electron chi connectivity index (χ0n) is 20.9. The monoisotopic (exact) mass is 531 g/mol. The van der Waals surface area contributed by atoms with Crippen molar-refractivity contribution in [2.45, 2.75) is 26.6 Å². The van der Waals surface area contributed by atoms with Crippen LogP contribution in [-0.4, -0.2) is 15.5 Å². The number of ether oxygens (including phenoxy) is 1. The topological polar surface area (TPSA) is 87.2 Å². The van der Waals surface area contributed by atoms with Gasteiger partial charge in [-0.2, -0.15) is 13.2 Å². The number of nitrogens with one attached hydrogen (secondary N) is 1. The Morgan fingerprint density at radius 2 is 1.64 bits per heavy atom. The molecule has 3 aromatic carbocycles. The van der Waals surface area contributed by atoms with Crippen LogP contribution in [0.3, 0.4) is 0 Å². The van der Waals surface area contributed by atoms with E-state index in [9.17, 15) is 27.9 Å². The van der Waals surface area contributed by atoms with E-state index in [1.807, 2.05) is 32.0 Å². The van der Waals surface area contributed by atoms with E-state index < -0.39 is 23.3 Å². The van der Waals surface area contributed by atoms with Crippen LogP contribution in [0.2, 0.25) is 0 Å². The molecule has 0 bridgehead atoms. The molecule has 0 unspecified atom stereocenters. The number of halogens is 3. The number of hydrogen-bond donors (Lipinski definition) is 1. The lowest BCUT2D eigenvalue weighted by Gasteiger charge is -2.18. The molecule has 0 aliphatic heterocycles. The van der Waals surface area contributed by atoms with E-state index >= 15 is 0 Å². The molecule has 0 aliphatic carbocycles. The molecule has 2 heterocycles. The average molecular weight is 532 g/mol. The number of pyridine rings is 1. The van der Waals surface area contributed by atoms with Gasteiger partial charge in [-0.3, -0.25) is 4.79 Å². The SMILES string of the molecule is Cc1ccc(Cn2c(-c3ccc(Oc4ccc5[nH]c(C(=O)[O-])cc5c4)cc3)cc(C(F)(F)F)cc2=O)c(C)c1. The van der Waals surface area contributed by atoms with E-state index in [1.165, 1.54) is 10.6 Å². The van der Waals surface area contributed by atoms with Crippen molar-refractivity contribution in [3.05, 3.63) is 117 Å². The van der Waals surface area contributed by atoms with Crippen LogP contribution in [0.5, 0.6) is 11.5 Å². The first-order valence-corrected chi connectivity index (χ1v) is 12.0. The van der Waals surface area contributed by atoms with E-state index in [-0.39, 0.29) is 17.9 Å². The van der Waals surface area contributed by atoms with Gasteiger partial charge in [0.15, 0.2) is 0 Å². The Morgan fingerprint density at radius 1 is 0.923 bits per heavy atom. The first-order valence-electron chi connectivity index (χ1n) is 12.0. The third-order valence-corrected chi connectivity index (χ3v) is 6.48. The second-order valence-electron chi connectivity index (χ2n) is 9.33. The van der Waals surface area contributed by atoms with Gasteiger partial charge in [0.05, 0.1) is 29.5 Å². The van der Waals surface area contributed by atoms with Gasteiger partial charge in [-0.15, -0.1) is 0 Å². The third kappa shape index (κ3) is 5.43. The predicted octanol–water partition coefficient (Wildman–Crippen LogP) is 5.84. The molecule has 0 saturated carbocycles. The molecule has 0 radical (unpaired) electrons. The van der Waals surface area contributed by atoms with Crippen LogP contribution in [0.4, 0.5) is 13.2 Å². The number of carboxylic acid groups (broad SMARTS) is 1. The zero-order chi connectivity index (χ0) is 27.9. The van der Waals surface area contributed by atoms with Gasteiger partial charge >= 0.3 is 6.18 Å². The molecule has 0 spiro atoms. The fourth-order valence-electron chi connectivity index (χ4n) is 4.47. The molecule has 0 atom stereocenters. The van der Waals surface area contributed by atoms with Gasteiger partial charge in [-0.25, -0.2) is 0 Å². The summed E-state index contributed by atoms with van der Waals surface area (Å²) in [6.07, 6.45) is -4.68. The Labute approximate surface area is 220 Å². The number of hydrogen-bond acceptors (Lipinski definition) is 4. The summed E-state index contributed by atoms with van der Waals surface area (Å²) >= 11 is 0. The molecule has 0 fully saturated rings. The largest absolute Gasteiger partial charge is 0.543 e. The van der Waals surface area contributed by atoms with Crippen LogP contribution in [0.25, 0.3) is 22.2 Å². The Morgan fingerprint density at radius 3 is 2.31 bits per heavy atom. The molecule has 5 rings (SSSR count). The molecular weight excluding hydrogens is 509 g/mol. The van der Waals surface area contributed by atoms with Crippen molar-refractivity contribution in [3.8, 4) is 22.8 Å². The molecular formula is C30H22F3N2O4-. The Bertz CT molecular complexity index is 1770. The van der Waals surface area contributed by atoms with Gasteiger partial charge in [0, 0.05) is 17.0 Å². The summed E-state index contributed by atoms with van der Waals surface area (Å²) in [7, 11) is 0. The average Bonchev–Trinajstić information content (AvgIpc) is 3.30. The number of fused-ring (bicyclic) bond motifs is 1. The maximum atomic E-state index is 13.6. The number of H-pyrrole nitrogens is 1. The lowest BCUT2D eigenvalue weighted by Crippen LogP contribution is -2.24. The Hall–Kier alpha value is -4.79. The van der Waals surface area contributed by atoms with Gasteiger partial charge in [0.25, 0.3) is 5.56 Å². The van der Waals surface area contributed by atoms with Crippen molar-refractivity contribution in [1.29, 1.82) is 0 Å². The van der Waals surface area contributed by atoms with E-state index in [1.54, 1.807) is 42.5 Å².